The van der Waals surface area contributed by atoms with E-state index in [1.165, 1.54) is 17.4 Å². The third kappa shape index (κ3) is 7.53. The molecule has 1 fully saturated rings. The van der Waals surface area contributed by atoms with Gasteiger partial charge in [-0.05, 0) is 32.1 Å². The van der Waals surface area contributed by atoms with E-state index >= 15 is 0 Å². The Morgan fingerprint density at radius 1 is 1.22 bits per heavy atom. The summed E-state index contributed by atoms with van der Waals surface area (Å²) in [6.45, 7) is 6.09. The minimum absolute atomic E-state index is 0.0508. The molecule has 1 unspecified atom stereocenters. The molecule has 1 aromatic carbocycles. The summed E-state index contributed by atoms with van der Waals surface area (Å²) in [5.41, 5.74) is -0.297. The highest BCUT2D eigenvalue weighted by molar-refractivity contribution is 6.41. The van der Waals surface area contributed by atoms with Crippen molar-refractivity contribution >= 4 is 29.9 Å². The molecule has 11 nitrogen and oxygen atoms in total. The SMILES string of the molecule is CC(C)(C=C(C#N)C(=O)N1C=CC=CC=C1COC(=O)NC(CB(O)O)c1occ2ccccc12)N1CCOCC1. The maximum Gasteiger partial charge on any atom is 0.454 e. The van der Waals surface area contributed by atoms with E-state index in [0.717, 1.165) is 5.39 Å². The predicted octanol–water partition coefficient (Wildman–Crippen LogP) is 3.03. The van der Waals surface area contributed by atoms with Gasteiger partial charge in [-0.1, -0.05) is 36.4 Å². The number of ether oxygens (including phenoxy) is 2. The van der Waals surface area contributed by atoms with Gasteiger partial charge in [0.2, 0.25) is 0 Å². The van der Waals surface area contributed by atoms with Crippen LogP contribution in [-0.4, -0.2) is 77.4 Å². The van der Waals surface area contributed by atoms with Gasteiger partial charge in [0.1, 0.15) is 24.0 Å². The van der Waals surface area contributed by atoms with Crippen molar-refractivity contribution in [2.45, 2.75) is 31.7 Å². The molecule has 0 aliphatic carbocycles. The Hall–Kier alpha value is -4.15. The number of hydrogen-bond donors (Lipinski definition) is 3. The van der Waals surface area contributed by atoms with Gasteiger partial charge < -0.3 is 29.3 Å². The van der Waals surface area contributed by atoms with Gasteiger partial charge in [0.25, 0.3) is 5.91 Å². The number of benzene rings is 1. The summed E-state index contributed by atoms with van der Waals surface area (Å²) in [6.07, 6.45) is 10.2. The molecule has 12 heteroatoms. The van der Waals surface area contributed by atoms with Gasteiger partial charge in [-0.3, -0.25) is 14.6 Å². The first kappa shape index (κ1) is 29.8. The molecule has 2 aromatic rings. The van der Waals surface area contributed by atoms with Gasteiger partial charge in [-0.2, -0.15) is 5.26 Å². The van der Waals surface area contributed by atoms with Crippen molar-refractivity contribution in [3.63, 3.8) is 0 Å². The number of carbonyl (C=O) groups excluding carboxylic acids is 2. The summed E-state index contributed by atoms with van der Waals surface area (Å²) >= 11 is 0. The van der Waals surface area contributed by atoms with Crippen LogP contribution >= 0.6 is 0 Å². The predicted molar refractivity (Wildman–Crippen MR) is 152 cm³/mol. The van der Waals surface area contributed by atoms with Crippen molar-refractivity contribution in [3.8, 4) is 6.07 Å². The lowest BCUT2D eigenvalue weighted by Gasteiger charge is -2.39. The molecule has 3 heterocycles. The smallest absolute Gasteiger partial charge is 0.454 e. The van der Waals surface area contributed by atoms with Crippen molar-refractivity contribution in [1.29, 1.82) is 5.26 Å². The summed E-state index contributed by atoms with van der Waals surface area (Å²) < 4.78 is 16.5. The standard InChI is InChI=1S/C29H33BN4O7/c1-29(2,33-12-14-39-15-13-33)16-22(18-31)27(35)34-11-7-3-4-9-23(34)20-41-28(36)32-25(17-30(37)38)26-24-10-6-5-8-21(24)19-40-26/h3-11,16,19,25,37-38H,12-15,17,20H2,1-2H3,(H,32,36). The molecule has 41 heavy (non-hydrogen) atoms. The van der Waals surface area contributed by atoms with Crippen molar-refractivity contribution in [2.24, 2.45) is 0 Å². The number of amides is 2. The molecule has 3 N–H and O–H groups in total. The Balaban J connectivity index is 1.47. The Morgan fingerprint density at radius 3 is 2.71 bits per heavy atom. The summed E-state index contributed by atoms with van der Waals surface area (Å²) in [5.74, 6) is -0.207. The fraction of sp³-hybridized carbons (Fsp3) is 0.345. The van der Waals surface area contributed by atoms with Crippen LogP contribution in [0, 0.1) is 11.3 Å². The average molecular weight is 560 g/mol. The average Bonchev–Trinajstić information content (AvgIpc) is 3.25. The fourth-order valence-electron chi connectivity index (χ4n) is 4.76. The Morgan fingerprint density at radius 2 is 1.98 bits per heavy atom. The van der Waals surface area contributed by atoms with Crippen LogP contribution in [0.25, 0.3) is 10.8 Å². The second-order valence-corrected chi connectivity index (χ2v) is 10.2. The van der Waals surface area contributed by atoms with Crippen LogP contribution < -0.4 is 5.32 Å². The Bertz CT molecular complexity index is 1410. The summed E-state index contributed by atoms with van der Waals surface area (Å²) in [5, 5.41) is 33.3. The zero-order valence-corrected chi connectivity index (χ0v) is 23.0. The molecule has 1 aromatic heterocycles. The maximum absolute atomic E-state index is 13.5. The molecule has 1 atom stereocenters. The lowest BCUT2D eigenvalue weighted by molar-refractivity contribution is -0.123. The number of furan rings is 1. The first-order valence-corrected chi connectivity index (χ1v) is 13.3. The van der Waals surface area contributed by atoms with E-state index in [1.54, 1.807) is 36.4 Å². The van der Waals surface area contributed by atoms with Gasteiger partial charge in [-0.25, -0.2) is 4.79 Å². The fourth-order valence-corrected chi connectivity index (χ4v) is 4.76. The van der Waals surface area contributed by atoms with Crippen molar-refractivity contribution in [2.75, 3.05) is 32.9 Å². The third-order valence-corrected chi connectivity index (χ3v) is 6.89. The van der Waals surface area contributed by atoms with E-state index in [2.05, 4.69) is 10.2 Å². The van der Waals surface area contributed by atoms with Crippen LogP contribution in [0.15, 0.2) is 82.8 Å². The molecular weight excluding hydrogens is 527 g/mol. The number of nitrogens with zero attached hydrogens (tertiary/aromatic N) is 3. The number of hydrogen-bond acceptors (Lipinski definition) is 9. The molecule has 0 saturated carbocycles. The highest BCUT2D eigenvalue weighted by Gasteiger charge is 2.30. The van der Waals surface area contributed by atoms with E-state index in [-0.39, 0.29) is 18.5 Å². The van der Waals surface area contributed by atoms with E-state index in [0.29, 0.717) is 43.1 Å². The first-order chi connectivity index (χ1) is 19.7. The molecule has 0 spiro atoms. The van der Waals surface area contributed by atoms with Gasteiger partial charge >= 0.3 is 13.2 Å². The second kappa shape index (κ2) is 13.5. The second-order valence-electron chi connectivity index (χ2n) is 10.2. The molecule has 0 bridgehead atoms. The monoisotopic (exact) mass is 560 g/mol. The number of fused-ring (bicyclic) bond motifs is 1. The molecule has 214 valence electrons. The van der Waals surface area contributed by atoms with Crippen molar-refractivity contribution in [1.82, 2.24) is 15.1 Å². The van der Waals surface area contributed by atoms with Crippen LogP contribution in [0.3, 0.4) is 0 Å². The van der Waals surface area contributed by atoms with Crippen LogP contribution in [0.4, 0.5) is 4.79 Å². The zero-order valence-electron chi connectivity index (χ0n) is 23.0. The maximum atomic E-state index is 13.5. The van der Waals surface area contributed by atoms with Crippen LogP contribution in [0.5, 0.6) is 0 Å². The number of allylic oxidation sites excluding steroid dienone is 4. The molecule has 0 radical (unpaired) electrons. The highest BCUT2D eigenvalue weighted by atomic mass is 16.5. The first-order valence-electron chi connectivity index (χ1n) is 13.3. The zero-order chi connectivity index (χ0) is 29.4. The normalized spacial score (nSPS) is 17.0. The van der Waals surface area contributed by atoms with Gasteiger partial charge in [0.05, 0.1) is 31.2 Å². The number of morpholine rings is 1. The number of alkyl carbamates (subject to hydrolysis) is 1. The highest BCUT2D eigenvalue weighted by Crippen LogP contribution is 2.29. The molecule has 2 aliphatic rings. The molecule has 1 saturated heterocycles. The lowest BCUT2D eigenvalue weighted by atomic mass is 9.80. The third-order valence-electron chi connectivity index (χ3n) is 6.89. The number of carbonyl (C=O) groups is 2. The van der Waals surface area contributed by atoms with Crippen molar-refractivity contribution < 1.29 is 33.5 Å². The van der Waals surface area contributed by atoms with Crippen LogP contribution in [-0.2, 0) is 14.3 Å². The summed E-state index contributed by atoms with van der Waals surface area (Å²) in [4.78, 5) is 29.8. The topological polar surface area (TPSA) is 149 Å². The van der Waals surface area contributed by atoms with Gasteiger partial charge in [0, 0.05) is 41.9 Å². The largest absolute Gasteiger partial charge is 0.466 e. The lowest BCUT2D eigenvalue weighted by Crippen LogP contribution is -2.49. The van der Waals surface area contributed by atoms with E-state index in [1.807, 2.05) is 38.1 Å². The quantitative estimate of drug-likeness (QED) is 0.239. The minimum Gasteiger partial charge on any atom is -0.466 e. The Kier molecular flexibility index (Phi) is 9.80. The van der Waals surface area contributed by atoms with E-state index in [9.17, 15) is 24.9 Å². The van der Waals surface area contributed by atoms with Gasteiger partial charge in [0.15, 0.2) is 0 Å². The Labute approximate surface area is 238 Å². The van der Waals surface area contributed by atoms with E-state index < -0.39 is 30.7 Å². The number of rotatable bonds is 9. The van der Waals surface area contributed by atoms with Crippen LogP contribution in [0.1, 0.15) is 25.6 Å². The molecular formula is C29H33BN4O7. The number of nitriles is 1. The van der Waals surface area contributed by atoms with Gasteiger partial charge in [-0.15, -0.1) is 0 Å². The van der Waals surface area contributed by atoms with Crippen LogP contribution in [0.2, 0.25) is 6.32 Å². The minimum atomic E-state index is -1.71. The molecule has 2 amide bonds. The number of nitrogens with one attached hydrogen (secondary N) is 1. The van der Waals surface area contributed by atoms with E-state index in [4.69, 9.17) is 13.9 Å². The molecule has 2 aliphatic heterocycles. The van der Waals surface area contributed by atoms with Crippen molar-refractivity contribution in [3.05, 3.63) is 84.1 Å². The summed E-state index contributed by atoms with van der Waals surface area (Å²) in [7, 11) is -1.71. The summed E-state index contributed by atoms with van der Waals surface area (Å²) in [6, 6.07) is 8.43. The molecule has 4 rings (SSSR count).